The molecule has 28 heavy (non-hydrogen) atoms. The van der Waals surface area contributed by atoms with Gasteiger partial charge < -0.3 is 9.88 Å². The molecule has 1 amide bonds. The summed E-state index contributed by atoms with van der Waals surface area (Å²) in [5.74, 6) is -0.256. The van der Waals surface area contributed by atoms with Gasteiger partial charge in [0, 0.05) is 44.2 Å². The summed E-state index contributed by atoms with van der Waals surface area (Å²) < 4.78 is 29.6. The van der Waals surface area contributed by atoms with Gasteiger partial charge in [-0.15, -0.1) is 0 Å². The highest BCUT2D eigenvalue weighted by Gasteiger charge is 2.43. The van der Waals surface area contributed by atoms with Gasteiger partial charge in [-0.2, -0.15) is 4.31 Å². The molecule has 0 aliphatic carbocycles. The van der Waals surface area contributed by atoms with Crippen molar-refractivity contribution < 1.29 is 13.2 Å². The van der Waals surface area contributed by atoms with Crippen LogP contribution in [-0.4, -0.2) is 42.8 Å². The standard InChI is InChI=1S/C20H23N3O4S/c1-14(24)21-11-19-16-10-15(18-8-5-9-20(25)23(18)19)12-22(13-16)28(26,27)17-6-3-2-4-7-17/h2-9,15-16,19H,10-13H2,1H3,(H,21,24)/t15-,16+,19+/m1/s1. The van der Waals surface area contributed by atoms with Crippen molar-refractivity contribution in [1.29, 1.82) is 0 Å². The number of benzene rings is 1. The summed E-state index contributed by atoms with van der Waals surface area (Å²) in [6, 6.07) is 13.3. The molecule has 0 saturated carbocycles. The Morgan fingerprint density at radius 1 is 1.11 bits per heavy atom. The summed E-state index contributed by atoms with van der Waals surface area (Å²) >= 11 is 0. The number of amides is 1. The van der Waals surface area contributed by atoms with Crippen LogP contribution in [-0.2, 0) is 14.8 Å². The molecule has 8 heteroatoms. The van der Waals surface area contributed by atoms with Crippen LogP contribution >= 0.6 is 0 Å². The summed E-state index contributed by atoms with van der Waals surface area (Å²) in [6.07, 6.45) is 0.800. The molecule has 7 nitrogen and oxygen atoms in total. The van der Waals surface area contributed by atoms with Crippen LogP contribution in [0.15, 0.2) is 58.2 Å². The third kappa shape index (κ3) is 3.27. The van der Waals surface area contributed by atoms with Crippen molar-refractivity contribution in [2.45, 2.75) is 30.2 Å². The predicted molar refractivity (Wildman–Crippen MR) is 104 cm³/mol. The molecular weight excluding hydrogens is 378 g/mol. The van der Waals surface area contributed by atoms with Crippen LogP contribution in [0.4, 0.5) is 0 Å². The van der Waals surface area contributed by atoms with Crippen molar-refractivity contribution in [3.8, 4) is 0 Å². The third-order valence-electron chi connectivity index (χ3n) is 5.71. The Balaban J connectivity index is 1.73. The summed E-state index contributed by atoms with van der Waals surface area (Å²) in [6.45, 7) is 2.43. The van der Waals surface area contributed by atoms with Gasteiger partial charge in [0.25, 0.3) is 5.56 Å². The Kier molecular flexibility index (Phi) is 4.84. The second kappa shape index (κ2) is 7.18. The van der Waals surface area contributed by atoms with Gasteiger partial charge in [0.1, 0.15) is 0 Å². The average Bonchev–Trinajstić information content (AvgIpc) is 2.68. The first-order valence-corrected chi connectivity index (χ1v) is 10.8. The van der Waals surface area contributed by atoms with Crippen molar-refractivity contribution in [2.24, 2.45) is 5.92 Å². The zero-order valence-corrected chi connectivity index (χ0v) is 16.4. The second-order valence-electron chi connectivity index (χ2n) is 7.49. The smallest absolute Gasteiger partial charge is 0.251 e. The van der Waals surface area contributed by atoms with Crippen LogP contribution in [0.1, 0.15) is 31.0 Å². The Hall–Kier alpha value is -2.45. The van der Waals surface area contributed by atoms with Crippen LogP contribution in [0.3, 0.4) is 0 Å². The lowest BCUT2D eigenvalue weighted by atomic mass is 9.79. The molecule has 0 unspecified atom stereocenters. The van der Waals surface area contributed by atoms with E-state index in [9.17, 15) is 18.0 Å². The van der Waals surface area contributed by atoms with E-state index in [1.54, 1.807) is 41.0 Å². The Labute approximate surface area is 164 Å². The topological polar surface area (TPSA) is 88.5 Å². The van der Waals surface area contributed by atoms with E-state index in [1.807, 2.05) is 6.07 Å². The molecular formula is C20H23N3O4S. The van der Waals surface area contributed by atoms with E-state index in [0.717, 1.165) is 12.1 Å². The minimum Gasteiger partial charge on any atom is -0.354 e. The normalized spacial score (nSPS) is 24.4. The Morgan fingerprint density at radius 2 is 1.86 bits per heavy atom. The molecule has 1 N–H and O–H groups in total. The van der Waals surface area contributed by atoms with Crippen LogP contribution in [0.2, 0.25) is 0 Å². The van der Waals surface area contributed by atoms with E-state index < -0.39 is 10.0 Å². The van der Waals surface area contributed by atoms with Crippen LogP contribution in [0.25, 0.3) is 0 Å². The van der Waals surface area contributed by atoms with E-state index in [4.69, 9.17) is 0 Å². The first kappa shape index (κ1) is 18.9. The number of nitrogens with zero attached hydrogens (tertiary/aromatic N) is 2. The van der Waals surface area contributed by atoms with Gasteiger partial charge in [-0.05, 0) is 30.5 Å². The first-order valence-electron chi connectivity index (χ1n) is 9.39. The predicted octanol–water partition coefficient (Wildman–Crippen LogP) is 1.33. The highest BCUT2D eigenvalue weighted by molar-refractivity contribution is 7.89. The summed E-state index contributed by atoms with van der Waals surface area (Å²) in [5, 5.41) is 2.81. The van der Waals surface area contributed by atoms with Gasteiger partial charge in [0.05, 0.1) is 10.9 Å². The van der Waals surface area contributed by atoms with Gasteiger partial charge in [-0.25, -0.2) is 8.42 Å². The third-order valence-corrected chi connectivity index (χ3v) is 7.55. The van der Waals surface area contributed by atoms with Crippen molar-refractivity contribution >= 4 is 15.9 Å². The zero-order chi connectivity index (χ0) is 19.9. The molecule has 2 aromatic rings. The SMILES string of the molecule is CC(=O)NC[C@H]1[C@H]2C[C@H](CN(S(=O)(=O)c3ccccc3)C2)c2cccc(=O)n21. The lowest BCUT2D eigenvalue weighted by Gasteiger charge is -2.46. The van der Waals surface area contributed by atoms with Gasteiger partial charge in [0.15, 0.2) is 0 Å². The zero-order valence-electron chi connectivity index (χ0n) is 15.6. The van der Waals surface area contributed by atoms with Crippen LogP contribution < -0.4 is 10.9 Å². The number of pyridine rings is 1. The van der Waals surface area contributed by atoms with Crippen LogP contribution in [0, 0.1) is 5.92 Å². The van der Waals surface area contributed by atoms with Crippen molar-refractivity contribution in [3.05, 3.63) is 64.6 Å². The molecule has 2 aliphatic rings. The van der Waals surface area contributed by atoms with E-state index >= 15 is 0 Å². The highest BCUT2D eigenvalue weighted by Crippen LogP contribution is 2.42. The van der Waals surface area contributed by atoms with Gasteiger partial charge in [-0.3, -0.25) is 9.59 Å². The molecule has 1 aromatic carbocycles. The molecule has 0 spiro atoms. The molecule has 0 radical (unpaired) electrons. The number of rotatable bonds is 4. The number of piperidine rings is 1. The fraction of sp³-hybridized carbons (Fsp3) is 0.400. The maximum Gasteiger partial charge on any atom is 0.251 e. The molecule has 3 atom stereocenters. The molecule has 2 aliphatic heterocycles. The largest absolute Gasteiger partial charge is 0.354 e. The lowest BCUT2D eigenvalue weighted by Crippen LogP contribution is -2.53. The average molecular weight is 401 g/mol. The van der Waals surface area contributed by atoms with E-state index in [-0.39, 0.29) is 34.2 Å². The molecule has 1 fully saturated rings. The van der Waals surface area contributed by atoms with E-state index in [1.165, 1.54) is 17.3 Å². The number of sulfonamides is 1. The molecule has 1 saturated heterocycles. The molecule has 1 aromatic heterocycles. The van der Waals surface area contributed by atoms with Crippen LogP contribution in [0.5, 0.6) is 0 Å². The minimum absolute atomic E-state index is 0.0419. The highest BCUT2D eigenvalue weighted by atomic mass is 32.2. The Morgan fingerprint density at radius 3 is 2.57 bits per heavy atom. The molecule has 148 valence electrons. The van der Waals surface area contributed by atoms with Crippen molar-refractivity contribution in [3.63, 3.8) is 0 Å². The number of hydrogen-bond acceptors (Lipinski definition) is 4. The number of carbonyl (C=O) groups is 1. The van der Waals surface area contributed by atoms with Crippen molar-refractivity contribution in [1.82, 2.24) is 14.2 Å². The van der Waals surface area contributed by atoms with Crippen molar-refractivity contribution in [2.75, 3.05) is 19.6 Å². The first-order chi connectivity index (χ1) is 13.4. The van der Waals surface area contributed by atoms with E-state index in [0.29, 0.717) is 19.6 Å². The second-order valence-corrected chi connectivity index (χ2v) is 9.43. The maximum atomic E-state index is 13.2. The number of aromatic nitrogens is 1. The fourth-order valence-electron chi connectivity index (χ4n) is 4.45. The fourth-order valence-corrected chi connectivity index (χ4v) is 6.01. The van der Waals surface area contributed by atoms with Gasteiger partial charge >= 0.3 is 0 Å². The number of carbonyl (C=O) groups excluding carboxylic acids is 1. The maximum absolute atomic E-state index is 13.2. The number of fused-ring (bicyclic) bond motifs is 4. The summed E-state index contributed by atoms with van der Waals surface area (Å²) in [4.78, 5) is 24.3. The van der Waals surface area contributed by atoms with Gasteiger partial charge in [-0.1, -0.05) is 24.3 Å². The summed E-state index contributed by atoms with van der Waals surface area (Å²) in [7, 11) is -3.61. The monoisotopic (exact) mass is 401 g/mol. The quantitative estimate of drug-likeness (QED) is 0.837. The summed E-state index contributed by atoms with van der Waals surface area (Å²) in [5.41, 5.74) is 0.731. The number of hydrogen-bond donors (Lipinski definition) is 1. The van der Waals surface area contributed by atoms with E-state index in [2.05, 4.69) is 5.32 Å². The molecule has 4 rings (SSSR count). The minimum atomic E-state index is -3.61. The Bertz CT molecular complexity index is 1050. The molecule has 3 heterocycles. The van der Waals surface area contributed by atoms with Gasteiger partial charge in [0.2, 0.25) is 15.9 Å². The number of nitrogens with one attached hydrogen (secondary N) is 1. The molecule has 2 bridgehead atoms. The lowest BCUT2D eigenvalue weighted by molar-refractivity contribution is -0.119.